The second-order valence-electron chi connectivity index (χ2n) is 8.87. The van der Waals surface area contributed by atoms with Gasteiger partial charge in [0.05, 0.1) is 12.5 Å². The number of pyridine rings is 1. The van der Waals surface area contributed by atoms with E-state index in [1.54, 1.807) is 36.5 Å². The molecule has 0 saturated heterocycles. The van der Waals surface area contributed by atoms with Crippen LogP contribution in [0.3, 0.4) is 0 Å². The Bertz CT molecular complexity index is 1310. The number of hydrogen-bond acceptors (Lipinski definition) is 6. The summed E-state index contributed by atoms with van der Waals surface area (Å²) in [5.74, 6) is 0.697. The van der Waals surface area contributed by atoms with Crippen molar-refractivity contribution in [1.82, 2.24) is 10.3 Å². The largest absolute Gasteiger partial charge is 0.492 e. The van der Waals surface area contributed by atoms with Gasteiger partial charge < -0.3 is 20.1 Å². The Morgan fingerprint density at radius 2 is 1.75 bits per heavy atom. The van der Waals surface area contributed by atoms with E-state index in [0.29, 0.717) is 35.1 Å². The maximum atomic E-state index is 13.0. The van der Waals surface area contributed by atoms with Gasteiger partial charge in [0.25, 0.3) is 0 Å². The standard InChI is InChI=1S/C27H24FN3O5/c28-20-5-3-16(4-6-20)23(32)14-30-26(33)19-11-18-12-21(7-8-24(18)35-15-19)36-22-9-10-29-25(13-22)31-27(34)17-1-2-17/h3-10,12-13,17,19H,1-2,11,14-15H2,(H,30,33)(H,29,31,34). The minimum absolute atomic E-state index is 0.0331. The highest BCUT2D eigenvalue weighted by Gasteiger charge is 2.30. The van der Waals surface area contributed by atoms with E-state index >= 15 is 0 Å². The van der Waals surface area contributed by atoms with E-state index in [1.807, 2.05) is 0 Å². The van der Waals surface area contributed by atoms with Crippen LogP contribution in [0.1, 0.15) is 28.8 Å². The zero-order valence-corrected chi connectivity index (χ0v) is 19.3. The van der Waals surface area contributed by atoms with Crippen molar-refractivity contribution in [2.24, 2.45) is 11.8 Å². The average molecular weight is 490 g/mol. The molecule has 2 aromatic carbocycles. The number of anilines is 1. The van der Waals surface area contributed by atoms with Crippen LogP contribution in [0.25, 0.3) is 0 Å². The van der Waals surface area contributed by atoms with Crippen LogP contribution in [0.4, 0.5) is 10.2 Å². The molecule has 1 aliphatic heterocycles. The third kappa shape index (κ3) is 5.68. The molecule has 5 rings (SSSR count). The molecule has 2 amide bonds. The number of aromatic nitrogens is 1. The molecule has 2 aliphatic rings. The number of benzene rings is 2. The van der Waals surface area contributed by atoms with Gasteiger partial charge in [0.15, 0.2) is 5.78 Å². The number of Topliss-reactive ketones (excluding diaryl/α,β-unsaturated/α-hetero) is 1. The number of amides is 2. The van der Waals surface area contributed by atoms with Crippen molar-refractivity contribution in [2.45, 2.75) is 19.3 Å². The fourth-order valence-electron chi connectivity index (χ4n) is 3.91. The zero-order valence-electron chi connectivity index (χ0n) is 19.3. The lowest BCUT2D eigenvalue weighted by molar-refractivity contribution is -0.126. The number of halogens is 1. The number of carbonyl (C=O) groups excluding carboxylic acids is 3. The van der Waals surface area contributed by atoms with Gasteiger partial charge in [0.2, 0.25) is 11.8 Å². The highest BCUT2D eigenvalue weighted by Crippen LogP contribution is 2.33. The summed E-state index contributed by atoms with van der Waals surface area (Å²) in [6.07, 6.45) is 3.79. The monoisotopic (exact) mass is 489 g/mol. The van der Waals surface area contributed by atoms with Crippen molar-refractivity contribution in [3.05, 3.63) is 77.7 Å². The number of ketones is 1. The Hall–Kier alpha value is -4.27. The lowest BCUT2D eigenvalue weighted by Crippen LogP contribution is -2.39. The second kappa shape index (κ2) is 10.2. The van der Waals surface area contributed by atoms with Crippen molar-refractivity contribution >= 4 is 23.4 Å². The molecule has 184 valence electrons. The van der Waals surface area contributed by atoms with Crippen LogP contribution >= 0.6 is 0 Å². The van der Waals surface area contributed by atoms with E-state index < -0.39 is 11.7 Å². The smallest absolute Gasteiger partial charge is 0.228 e. The topological polar surface area (TPSA) is 107 Å². The van der Waals surface area contributed by atoms with Crippen LogP contribution in [0.15, 0.2) is 60.8 Å². The van der Waals surface area contributed by atoms with Gasteiger partial charge in [-0.2, -0.15) is 0 Å². The summed E-state index contributed by atoms with van der Waals surface area (Å²) in [4.78, 5) is 41.1. The molecule has 9 heteroatoms. The van der Waals surface area contributed by atoms with E-state index in [0.717, 1.165) is 18.4 Å². The first-order valence-electron chi connectivity index (χ1n) is 11.7. The predicted octanol–water partition coefficient (Wildman–Crippen LogP) is 3.91. The summed E-state index contributed by atoms with van der Waals surface area (Å²) in [5.41, 5.74) is 1.13. The SMILES string of the molecule is O=C(CNC(=O)C1COc2ccc(Oc3ccnc(NC(=O)C4CC4)c3)cc2C1)c1ccc(F)cc1. The van der Waals surface area contributed by atoms with E-state index in [1.165, 1.54) is 24.3 Å². The van der Waals surface area contributed by atoms with Crippen LogP contribution in [0.2, 0.25) is 0 Å². The van der Waals surface area contributed by atoms with Crippen LogP contribution in [-0.4, -0.2) is 35.7 Å². The quantitative estimate of drug-likeness (QED) is 0.465. The number of carbonyl (C=O) groups is 3. The summed E-state index contributed by atoms with van der Waals surface area (Å²) in [7, 11) is 0. The minimum Gasteiger partial charge on any atom is -0.492 e. The molecular weight excluding hydrogens is 465 g/mol. The molecular formula is C27H24FN3O5. The van der Waals surface area contributed by atoms with Gasteiger partial charge in [-0.3, -0.25) is 14.4 Å². The van der Waals surface area contributed by atoms with Crippen LogP contribution in [0.5, 0.6) is 17.2 Å². The molecule has 2 N–H and O–H groups in total. The summed E-state index contributed by atoms with van der Waals surface area (Å²) in [6.45, 7) is 0.0107. The fourth-order valence-corrected chi connectivity index (χ4v) is 3.91. The summed E-state index contributed by atoms with van der Waals surface area (Å²) >= 11 is 0. The van der Waals surface area contributed by atoms with Gasteiger partial charge in [-0.05, 0) is 73.4 Å². The van der Waals surface area contributed by atoms with Gasteiger partial charge in [-0.25, -0.2) is 9.37 Å². The normalized spacial score (nSPS) is 16.3. The third-order valence-corrected chi connectivity index (χ3v) is 6.06. The van der Waals surface area contributed by atoms with Gasteiger partial charge in [-0.1, -0.05) is 0 Å². The van der Waals surface area contributed by atoms with Gasteiger partial charge in [-0.15, -0.1) is 0 Å². The van der Waals surface area contributed by atoms with Crippen molar-refractivity contribution in [3.63, 3.8) is 0 Å². The molecule has 1 fully saturated rings. The van der Waals surface area contributed by atoms with Crippen LogP contribution < -0.4 is 20.1 Å². The van der Waals surface area contributed by atoms with E-state index in [2.05, 4.69) is 15.6 Å². The molecule has 36 heavy (non-hydrogen) atoms. The molecule has 8 nitrogen and oxygen atoms in total. The number of rotatable bonds is 8. The molecule has 3 aromatic rings. The summed E-state index contributed by atoms with van der Waals surface area (Å²) < 4.78 is 24.8. The highest BCUT2D eigenvalue weighted by atomic mass is 19.1. The number of fused-ring (bicyclic) bond motifs is 1. The summed E-state index contributed by atoms with van der Waals surface area (Å²) in [6, 6.07) is 13.9. The number of hydrogen-bond donors (Lipinski definition) is 2. The molecule has 1 aromatic heterocycles. The molecule has 0 radical (unpaired) electrons. The molecule has 0 spiro atoms. The fraction of sp³-hybridized carbons (Fsp3) is 0.259. The van der Waals surface area contributed by atoms with Crippen LogP contribution in [-0.2, 0) is 16.0 Å². The van der Waals surface area contributed by atoms with Crippen LogP contribution in [0, 0.1) is 17.7 Å². The number of nitrogens with zero attached hydrogens (tertiary/aromatic N) is 1. The first kappa shape index (κ1) is 23.5. The second-order valence-corrected chi connectivity index (χ2v) is 8.87. The molecule has 1 saturated carbocycles. The van der Waals surface area contributed by atoms with Gasteiger partial charge in [0.1, 0.15) is 35.5 Å². The third-order valence-electron chi connectivity index (χ3n) is 6.06. The predicted molar refractivity (Wildman–Crippen MR) is 129 cm³/mol. The van der Waals surface area contributed by atoms with Gasteiger partial charge in [0, 0.05) is 23.7 Å². The van der Waals surface area contributed by atoms with Crippen molar-refractivity contribution < 1.29 is 28.2 Å². The Morgan fingerprint density at radius 1 is 0.972 bits per heavy atom. The summed E-state index contributed by atoms with van der Waals surface area (Å²) in [5, 5.41) is 5.45. The van der Waals surface area contributed by atoms with E-state index in [-0.39, 0.29) is 36.7 Å². The molecule has 1 aliphatic carbocycles. The molecule has 0 bridgehead atoms. The Morgan fingerprint density at radius 3 is 2.53 bits per heavy atom. The van der Waals surface area contributed by atoms with Crippen molar-refractivity contribution in [1.29, 1.82) is 0 Å². The Balaban J connectivity index is 1.19. The highest BCUT2D eigenvalue weighted by molar-refractivity contribution is 5.99. The molecule has 1 unspecified atom stereocenters. The average Bonchev–Trinajstić information content (AvgIpc) is 3.73. The van der Waals surface area contributed by atoms with Gasteiger partial charge >= 0.3 is 0 Å². The maximum Gasteiger partial charge on any atom is 0.228 e. The van der Waals surface area contributed by atoms with E-state index in [4.69, 9.17) is 9.47 Å². The van der Waals surface area contributed by atoms with Crippen molar-refractivity contribution in [2.75, 3.05) is 18.5 Å². The Labute approximate surface area is 206 Å². The number of nitrogens with one attached hydrogen (secondary N) is 2. The molecule has 2 heterocycles. The number of ether oxygens (including phenoxy) is 2. The molecule has 1 atom stereocenters. The zero-order chi connectivity index (χ0) is 25.1. The Kier molecular flexibility index (Phi) is 6.62. The van der Waals surface area contributed by atoms with Crippen molar-refractivity contribution in [3.8, 4) is 17.2 Å². The first-order valence-corrected chi connectivity index (χ1v) is 11.7. The minimum atomic E-state index is -0.473. The maximum absolute atomic E-state index is 13.0. The lowest BCUT2D eigenvalue weighted by atomic mass is 9.95. The van der Waals surface area contributed by atoms with E-state index in [9.17, 15) is 18.8 Å². The first-order chi connectivity index (χ1) is 17.4. The lowest BCUT2D eigenvalue weighted by Gasteiger charge is -2.25.